The van der Waals surface area contributed by atoms with E-state index < -0.39 is 0 Å². The molecular weight excluding hydrogens is 218 g/mol. The van der Waals surface area contributed by atoms with Crippen LogP contribution in [0, 0.1) is 13.8 Å². The fourth-order valence-corrected chi connectivity index (χ4v) is 2.19. The second kappa shape index (κ2) is 4.58. The number of anilines is 1. The van der Waals surface area contributed by atoms with Gasteiger partial charge in [-0.2, -0.15) is 11.3 Å². The monoisotopic (exact) mass is 233 g/mol. The normalized spacial score (nSPS) is 10.4. The smallest absolute Gasteiger partial charge is 0.124 e. The van der Waals surface area contributed by atoms with Gasteiger partial charge in [-0.05, 0) is 47.4 Å². The van der Waals surface area contributed by atoms with Gasteiger partial charge in [0, 0.05) is 11.8 Å². The molecule has 3 heteroatoms. The second-order valence-corrected chi connectivity index (χ2v) is 4.67. The number of thiophene rings is 1. The Morgan fingerprint density at radius 2 is 2.06 bits per heavy atom. The molecule has 2 nitrogen and oxygen atoms in total. The number of hydrogen-bond acceptors (Lipinski definition) is 3. The molecule has 0 bridgehead atoms. The van der Waals surface area contributed by atoms with Crippen molar-refractivity contribution < 1.29 is 4.74 Å². The zero-order valence-electron chi connectivity index (χ0n) is 9.49. The molecule has 0 spiro atoms. The Morgan fingerprint density at radius 3 is 2.75 bits per heavy atom. The van der Waals surface area contributed by atoms with E-state index in [9.17, 15) is 0 Å². The molecule has 2 rings (SSSR count). The number of benzene rings is 1. The number of nitrogens with two attached hydrogens (primary N) is 1. The van der Waals surface area contributed by atoms with Gasteiger partial charge in [0.2, 0.25) is 0 Å². The summed E-state index contributed by atoms with van der Waals surface area (Å²) in [5.41, 5.74) is 10.1. The molecule has 0 aliphatic carbocycles. The van der Waals surface area contributed by atoms with E-state index >= 15 is 0 Å². The summed E-state index contributed by atoms with van der Waals surface area (Å²) in [7, 11) is 0. The van der Waals surface area contributed by atoms with Crippen molar-refractivity contribution >= 4 is 17.0 Å². The van der Waals surface area contributed by atoms with Gasteiger partial charge in [-0.15, -0.1) is 0 Å². The van der Waals surface area contributed by atoms with Crippen LogP contribution in [0.1, 0.15) is 16.7 Å². The highest BCUT2D eigenvalue weighted by atomic mass is 32.1. The first kappa shape index (κ1) is 11.0. The van der Waals surface area contributed by atoms with Gasteiger partial charge in [-0.25, -0.2) is 0 Å². The van der Waals surface area contributed by atoms with E-state index in [0.717, 1.165) is 22.6 Å². The molecule has 1 heterocycles. The number of nitrogen functional groups attached to an aromatic ring is 1. The lowest BCUT2D eigenvalue weighted by atomic mass is 10.1. The van der Waals surface area contributed by atoms with E-state index in [1.807, 2.05) is 19.9 Å². The Balaban J connectivity index is 2.12. The van der Waals surface area contributed by atoms with E-state index in [2.05, 4.69) is 22.9 Å². The number of hydrogen-bond donors (Lipinski definition) is 1. The third-order valence-electron chi connectivity index (χ3n) is 2.54. The maximum Gasteiger partial charge on any atom is 0.124 e. The molecule has 0 saturated heterocycles. The molecule has 84 valence electrons. The number of aryl methyl sites for hydroxylation is 2. The molecule has 0 aliphatic heterocycles. The SMILES string of the molecule is Cc1cc(C)c(OCc2ccsc2)cc1N. The van der Waals surface area contributed by atoms with Gasteiger partial charge in [0.15, 0.2) is 0 Å². The Kier molecular flexibility index (Phi) is 3.15. The molecule has 1 aromatic heterocycles. The van der Waals surface area contributed by atoms with Crippen LogP contribution in [-0.4, -0.2) is 0 Å². The van der Waals surface area contributed by atoms with E-state index in [1.165, 1.54) is 5.56 Å². The van der Waals surface area contributed by atoms with Crippen molar-refractivity contribution in [2.24, 2.45) is 0 Å². The van der Waals surface area contributed by atoms with Crippen LogP contribution in [0.3, 0.4) is 0 Å². The molecule has 0 aliphatic rings. The molecule has 0 saturated carbocycles. The van der Waals surface area contributed by atoms with Crippen LogP contribution in [0.15, 0.2) is 29.0 Å². The third kappa shape index (κ3) is 2.36. The van der Waals surface area contributed by atoms with Crippen molar-refractivity contribution in [2.45, 2.75) is 20.5 Å². The standard InChI is InChI=1S/C13H15NOS/c1-9-5-10(2)13(6-12(9)14)15-7-11-3-4-16-8-11/h3-6,8H,7,14H2,1-2H3. The van der Waals surface area contributed by atoms with E-state index in [0.29, 0.717) is 6.61 Å². The average Bonchev–Trinajstić information content (AvgIpc) is 2.74. The van der Waals surface area contributed by atoms with Gasteiger partial charge in [-0.3, -0.25) is 0 Å². The van der Waals surface area contributed by atoms with Crippen LogP contribution in [0.25, 0.3) is 0 Å². The van der Waals surface area contributed by atoms with Gasteiger partial charge < -0.3 is 10.5 Å². The highest BCUT2D eigenvalue weighted by Gasteiger charge is 2.03. The van der Waals surface area contributed by atoms with Crippen molar-refractivity contribution in [1.82, 2.24) is 0 Å². The Morgan fingerprint density at radius 1 is 1.25 bits per heavy atom. The van der Waals surface area contributed by atoms with Crippen LogP contribution in [0.4, 0.5) is 5.69 Å². The molecule has 2 aromatic rings. The van der Waals surface area contributed by atoms with Crippen LogP contribution < -0.4 is 10.5 Å². The lowest BCUT2D eigenvalue weighted by molar-refractivity contribution is 0.305. The summed E-state index contributed by atoms with van der Waals surface area (Å²) in [5, 5.41) is 4.14. The minimum Gasteiger partial charge on any atom is -0.489 e. The highest BCUT2D eigenvalue weighted by Crippen LogP contribution is 2.25. The zero-order valence-corrected chi connectivity index (χ0v) is 10.3. The van der Waals surface area contributed by atoms with Crippen LogP contribution in [-0.2, 0) is 6.61 Å². The molecule has 0 atom stereocenters. The van der Waals surface area contributed by atoms with Crippen LogP contribution in [0.2, 0.25) is 0 Å². The van der Waals surface area contributed by atoms with Crippen molar-refractivity contribution in [3.8, 4) is 5.75 Å². The fraction of sp³-hybridized carbons (Fsp3) is 0.231. The second-order valence-electron chi connectivity index (χ2n) is 3.89. The van der Waals surface area contributed by atoms with Crippen LogP contribution >= 0.6 is 11.3 Å². The quantitative estimate of drug-likeness (QED) is 0.823. The molecule has 0 amide bonds. The van der Waals surface area contributed by atoms with Crippen molar-refractivity contribution in [3.63, 3.8) is 0 Å². The molecular formula is C13H15NOS. The predicted molar refractivity (Wildman–Crippen MR) is 69.0 cm³/mol. The average molecular weight is 233 g/mol. The van der Waals surface area contributed by atoms with E-state index in [-0.39, 0.29) is 0 Å². The first-order valence-corrected chi connectivity index (χ1v) is 6.11. The zero-order chi connectivity index (χ0) is 11.5. The summed E-state index contributed by atoms with van der Waals surface area (Å²) in [4.78, 5) is 0. The van der Waals surface area contributed by atoms with Gasteiger partial charge in [0.1, 0.15) is 12.4 Å². The minimum atomic E-state index is 0.604. The molecule has 2 N–H and O–H groups in total. The molecule has 0 fully saturated rings. The molecule has 1 aromatic carbocycles. The summed E-state index contributed by atoms with van der Waals surface area (Å²) >= 11 is 1.68. The first-order valence-electron chi connectivity index (χ1n) is 5.17. The maximum absolute atomic E-state index is 5.86. The van der Waals surface area contributed by atoms with E-state index in [4.69, 9.17) is 10.5 Å². The van der Waals surface area contributed by atoms with E-state index in [1.54, 1.807) is 11.3 Å². The predicted octanol–water partition coefficient (Wildman–Crippen LogP) is 3.53. The van der Waals surface area contributed by atoms with Crippen molar-refractivity contribution in [2.75, 3.05) is 5.73 Å². The molecule has 0 radical (unpaired) electrons. The largest absolute Gasteiger partial charge is 0.489 e. The first-order chi connectivity index (χ1) is 7.66. The molecule has 0 unspecified atom stereocenters. The van der Waals surface area contributed by atoms with Crippen LogP contribution in [0.5, 0.6) is 5.75 Å². The Bertz CT molecular complexity index is 477. The molecule has 16 heavy (non-hydrogen) atoms. The van der Waals surface area contributed by atoms with Gasteiger partial charge in [0.25, 0.3) is 0 Å². The number of rotatable bonds is 3. The summed E-state index contributed by atoms with van der Waals surface area (Å²) in [6.07, 6.45) is 0. The highest BCUT2D eigenvalue weighted by molar-refractivity contribution is 7.07. The summed E-state index contributed by atoms with van der Waals surface area (Å²) in [5.74, 6) is 0.870. The summed E-state index contributed by atoms with van der Waals surface area (Å²) in [6, 6.07) is 6.02. The lowest BCUT2D eigenvalue weighted by Crippen LogP contribution is -1.98. The Hall–Kier alpha value is -1.48. The maximum atomic E-state index is 5.86. The van der Waals surface area contributed by atoms with Gasteiger partial charge >= 0.3 is 0 Å². The Labute approximate surface area is 99.7 Å². The van der Waals surface area contributed by atoms with Crippen molar-refractivity contribution in [3.05, 3.63) is 45.6 Å². The topological polar surface area (TPSA) is 35.2 Å². The summed E-state index contributed by atoms with van der Waals surface area (Å²) in [6.45, 7) is 4.65. The summed E-state index contributed by atoms with van der Waals surface area (Å²) < 4.78 is 5.74. The van der Waals surface area contributed by atoms with Crippen molar-refractivity contribution in [1.29, 1.82) is 0 Å². The number of ether oxygens (including phenoxy) is 1. The van der Waals surface area contributed by atoms with Gasteiger partial charge in [0.05, 0.1) is 0 Å². The fourth-order valence-electron chi connectivity index (χ4n) is 1.54. The van der Waals surface area contributed by atoms with Gasteiger partial charge in [-0.1, -0.05) is 6.07 Å². The minimum absolute atomic E-state index is 0.604. The lowest BCUT2D eigenvalue weighted by Gasteiger charge is -2.10. The third-order valence-corrected chi connectivity index (χ3v) is 3.27.